The smallest absolute Gasteiger partial charge is 0.101 e. The molecule has 0 saturated carbocycles. The molecule has 0 spiro atoms. The van der Waals surface area contributed by atoms with Crippen LogP contribution in [-0.4, -0.2) is 50.3 Å². The molecule has 1 aromatic rings. The topological polar surface area (TPSA) is 60.2 Å². The van der Waals surface area contributed by atoms with E-state index in [0.717, 1.165) is 38.3 Å². The van der Waals surface area contributed by atoms with E-state index in [4.69, 9.17) is 5.26 Å². The van der Waals surface area contributed by atoms with Gasteiger partial charge in [-0.2, -0.15) is 5.26 Å². The highest BCUT2D eigenvalue weighted by Gasteiger charge is 2.20. The lowest BCUT2D eigenvalue weighted by molar-refractivity contribution is 0.185. The minimum absolute atomic E-state index is 0.600. The third-order valence-corrected chi connectivity index (χ3v) is 4.63. The van der Waals surface area contributed by atoms with Crippen LogP contribution in [0.4, 0.5) is 0 Å². The fourth-order valence-electron chi connectivity index (χ4n) is 2.17. The number of hydrogen-bond donors (Lipinski definition) is 0. The lowest BCUT2D eigenvalue weighted by Crippen LogP contribution is -2.46. The van der Waals surface area contributed by atoms with Crippen molar-refractivity contribution in [3.05, 3.63) is 29.6 Å². The van der Waals surface area contributed by atoms with Crippen LogP contribution in [0.2, 0.25) is 0 Å². The summed E-state index contributed by atoms with van der Waals surface area (Å²) in [5.41, 5.74) is 1.66. The second-order valence-electron chi connectivity index (χ2n) is 4.51. The van der Waals surface area contributed by atoms with Gasteiger partial charge in [0.25, 0.3) is 0 Å². The molecule has 1 aromatic heterocycles. The predicted molar refractivity (Wildman–Crippen MR) is 74.5 cm³/mol. The van der Waals surface area contributed by atoms with Gasteiger partial charge in [-0.3, -0.25) is 9.88 Å². The highest BCUT2D eigenvalue weighted by atomic mass is 32.2. The summed E-state index contributed by atoms with van der Waals surface area (Å²) in [6.45, 7) is 6.24. The van der Waals surface area contributed by atoms with Crippen LogP contribution in [-0.2, 0) is 17.5 Å². The van der Waals surface area contributed by atoms with E-state index in [2.05, 4.69) is 16.0 Å². The van der Waals surface area contributed by atoms with Crippen LogP contribution >= 0.6 is 0 Å². The van der Waals surface area contributed by atoms with Crippen molar-refractivity contribution in [1.29, 1.82) is 5.26 Å². The first-order chi connectivity index (χ1) is 9.22. The fraction of sp³-hybridized carbons (Fsp3) is 0.538. The molecule has 0 amide bonds. The summed E-state index contributed by atoms with van der Waals surface area (Å²) in [6.07, 6.45) is 3.38. The van der Waals surface area contributed by atoms with E-state index in [0.29, 0.717) is 11.3 Å². The lowest BCUT2D eigenvalue weighted by Gasteiger charge is -2.33. The molecule has 0 bridgehead atoms. The maximum Gasteiger partial charge on any atom is 0.101 e. The van der Waals surface area contributed by atoms with E-state index >= 15 is 0 Å². The molecule has 0 radical (unpaired) electrons. The maximum absolute atomic E-state index is 11.7. The summed E-state index contributed by atoms with van der Waals surface area (Å²) < 4.78 is 13.7. The zero-order valence-corrected chi connectivity index (χ0v) is 11.9. The van der Waals surface area contributed by atoms with Gasteiger partial charge in [-0.1, -0.05) is 6.92 Å². The monoisotopic (exact) mass is 278 g/mol. The molecular formula is C13H18N4OS. The van der Waals surface area contributed by atoms with E-state index in [1.807, 2.05) is 17.3 Å². The third kappa shape index (κ3) is 3.83. The van der Waals surface area contributed by atoms with E-state index in [1.165, 1.54) is 0 Å². The molecule has 102 valence electrons. The quantitative estimate of drug-likeness (QED) is 0.815. The number of aromatic nitrogens is 1. The molecule has 6 heteroatoms. The van der Waals surface area contributed by atoms with Gasteiger partial charge in [-0.25, -0.2) is 8.51 Å². The maximum atomic E-state index is 11.7. The van der Waals surface area contributed by atoms with Gasteiger partial charge in [0.15, 0.2) is 0 Å². The van der Waals surface area contributed by atoms with Gasteiger partial charge >= 0.3 is 0 Å². The highest BCUT2D eigenvalue weighted by molar-refractivity contribution is 7.82. The molecule has 2 rings (SSSR count). The van der Waals surface area contributed by atoms with Gasteiger partial charge in [-0.05, 0) is 11.6 Å². The van der Waals surface area contributed by atoms with Crippen LogP contribution in [0.1, 0.15) is 18.1 Å². The Morgan fingerprint density at radius 1 is 1.37 bits per heavy atom. The fourth-order valence-corrected chi connectivity index (χ4v) is 3.10. The van der Waals surface area contributed by atoms with Crippen molar-refractivity contribution in [2.24, 2.45) is 0 Å². The SMILES string of the molecule is CCS(=O)N1CCN(Cc2cncc(C#N)c2)CC1. The van der Waals surface area contributed by atoms with E-state index in [1.54, 1.807) is 12.4 Å². The van der Waals surface area contributed by atoms with Crippen LogP contribution in [0.25, 0.3) is 0 Å². The number of nitriles is 1. The Morgan fingerprint density at radius 3 is 2.74 bits per heavy atom. The number of hydrogen-bond acceptors (Lipinski definition) is 4. The largest absolute Gasteiger partial charge is 0.296 e. The third-order valence-electron chi connectivity index (χ3n) is 3.20. The van der Waals surface area contributed by atoms with Crippen LogP contribution in [0.5, 0.6) is 0 Å². The Balaban J connectivity index is 1.89. The minimum Gasteiger partial charge on any atom is -0.296 e. The minimum atomic E-state index is -0.829. The standard InChI is InChI=1S/C13H18N4OS/c1-2-19(18)17-5-3-16(4-6-17)11-13-7-12(8-14)9-15-10-13/h7,9-10H,2-6,11H2,1H3. The first kappa shape index (κ1) is 14.1. The Bertz CT molecular complexity index is 492. The number of rotatable bonds is 4. The molecule has 1 atom stereocenters. The molecule has 0 aromatic carbocycles. The van der Waals surface area contributed by atoms with E-state index < -0.39 is 11.0 Å². The van der Waals surface area contributed by atoms with Crippen molar-refractivity contribution < 1.29 is 4.21 Å². The Hall–Kier alpha value is -1.29. The molecule has 1 saturated heterocycles. The Labute approximate surface area is 116 Å². The number of piperazine rings is 1. The first-order valence-corrected chi connectivity index (χ1v) is 7.70. The molecule has 0 aliphatic carbocycles. The lowest BCUT2D eigenvalue weighted by atomic mass is 10.2. The number of pyridine rings is 1. The molecule has 1 fully saturated rings. The molecule has 5 nitrogen and oxygen atoms in total. The van der Waals surface area contributed by atoms with E-state index in [-0.39, 0.29) is 0 Å². The summed E-state index contributed by atoms with van der Waals surface area (Å²) in [5, 5.41) is 8.85. The molecule has 1 unspecified atom stereocenters. The van der Waals surface area contributed by atoms with Gasteiger partial charge in [0.2, 0.25) is 0 Å². The van der Waals surface area contributed by atoms with Gasteiger partial charge in [0, 0.05) is 50.9 Å². The molecule has 1 aliphatic heterocycles. The van der Waals surface area contributed by atoms with Crippen LogP contribution in [0, 0.1) is 11.3 Å². The van der Waals surface area contributed by atoms with Gasteiger partial charge in [0.05, 0.1) is 16.5 Å². The van der Waals surface area contributed by atoms with Gasteiger partial charge in [0.1, 0.15) is 6.07 Å². The number of nitrogens with zero attached hydrogens (tertiary/aromatic N) is 4. The highest BCUT2D eigenvalue weighted by Crippen LogP contribution is 2.10. The summed E-state index contributed by atoms with van der Waals surface area (Å²) in [5.74, 6) is 0.689. The van der Waals surface area contributed by atoms with Crippen molar-refractivity contribution in [2.75, 3.05) is 31.9 Å². The molecular weight excluding hydrogens is 260 g/mol. The summed E-state index contributed by atoms with van der Waals surface area (Å²) in [6, 6.07) is 3.98. The van der Waals surface area contributed by atoms with Crippen molar-refractivity contribution in [2.45, 2.75) is 13.5 Å². The zero-order chi connectivity index (χ0) is 13.7. The average Bonchev–Trinajstić information content (AvgIpc) is 2.47. The summed E-state index contributed by atoms with van der Waals surface area (Å²) in [4.78, 5) is 6.38. The van der Waals surface area contributed by atoms with Crippen molar-refractivity contribution >= 4 is 11.0 Å². The van der Waals surface area contributed by atoms with Gasteiger partial charge in [-0.15, -0.1) is 0 Å². The predicted octanol–water partition coefficient (Wildman–Crippen LogP) is 0.754. The second-order valence-corrected chi connectivity index (χ2v) is 6.25. The average molecular weight is 278 g/mol. The first-order valence-electron chi connectivity index (χ1n) is 6.42. The normalized spacial score (nSPS) is 18.9. The van der Waals surface area contributed by atoms with Crippen molar-refractivity contribution in [3.8, 4) is 6.07 Å². The summed E-state index contributed by atoms with van der Waals surface area (Å²) in [7, 11) is -0.829. The zero-order valence-electron chi connectivity index (χ0n) is 11.1. The van der Waals surface area contributed by atoms with Gasteiger partial charge < -0.3 is 0 Å². The Kier molecular flexibility index (Phi) is 5.02. The van der Waals surface area contributed by atoms with Crippen LogP contribution in [0.15, 0.2) is 18.5 Å². The van der Waals surface area contributed by atoms with Crippen molar-refractivity contribution in [1.82, 2.24) is 14.2 Å². The molecule has 0 N–H and O–H groups in total. The molecule has 19 heavy (non-hydrogen) atoms. The van der Waals surface area contributed by atoms with Crippen molar-refractivity contribution in [3.63, 3.8) is 0 Å². The van der Waals surface area contributed by atoms with Crippen LogP contribution in [0.3, 0.4) is 0 Å². The van der Waals surface area contributed by atoms with Crippen LogP contribution < -0.4 is 0 Å². The summed E-state index contributed by atoms with van der Waals surface area (Å²) >= 11 is 0. The molecule has 1 aliphatic rings. The van der Waals surface area contributed by atoms with E-state index in [9.17, 15) is 4.21 Å². The Morgan fingerprint density at radius 2 is 2.11 bits per heavy atom. The molecule has 2 heterocycles. The second kappa shape index (κ2) is 6.75.